The molecule has 2 aromatic rings. The number of rotatable bonds is 0. The van der Waals surface area contributed by atoms with E-state index in [0.717, 1.165) is 0 Å². The zero-order valence-corrected chi connectivity index (χ0v) is 14.9. The third kappa shape index (κ3) is 4.09. The highest BCUT2D eigenvalue weighted by Crippen LogP contribution is 2.22. The van der Waals surface area contributed by atoms with E-state index in [9.17, 15) is 0 Å². The zero-order valence-electron chi connectivity index (χ0n) is 14.9. The molecule has 3 aliphatic rings. The van der Waals surface area contributed by atoms with E-state index in [1.807, 2.05) is 0 Å². The van der Waals surface area contributed by atoms with Gasteiger partial charge in [-0.05, 0) is 110 Å². The molecule has 0 N–H and O–H groups in total. The molecule has 0 amide bonds. The molecule has 0 fully saturated rings. The van der Waals surface area contributed by atoms with Gasteiger partial charge in [-0.3, -0.25) is 0 Å². The third-order valence-corrected chi connectivity index (χ3v) is 5.77. The average molecular weight is 319 g/mol. The number of benzene rings is 2. The number of hydrogen-bond acceptors (Lipinski definition) is 0. The summed E-state index contributed by atoms with van der Waals surface area (Å²) in [6.45, 7) is 0. The highest BCUT2D eigenvalue weighted by atomic mass is 14.1. The van der Waals surface area contributed by atoms with E-state index in [2.05, 4.69) is 36.4 Å². The standard InChI is InChI=1S/C24H30/c1-2-8-20-15-23-11-5-3-9-21-13-19(7-1)14-22(17-21)10-4-6-12-24(16-20)18-23/h13-18H,1-12H2. The Morgan fingerprint density at radius 2 is 0.458 bits per heavy atom. The van der Waals surface area contributed by atoms with Gasteiger partial charge in [-0.15, -0.1) is 0 Å². The highest BCUT2D eigenvalue weighted by Gasteiger charge is 2.08. The second-order valence-corrected chi connectivity index (χ2v) is 7.94. The van der Waals surface area contributed by atoms with E-state index < -0.39 is 0 Å². The molecule has 126 valence electrons. The van der Waals surface area contributed by atoms with Gasteiger partial charge in [0.2, 0.25) is 0 Å². The monoisotopic (exact) mass is 318 g/mol. The fraction of sp³-hybridized carbons (Fsp3) is 0.500. The van der Waals surface area contributed by atoms with Gasteiger partial charge >= 0.3 is 0 Å². The quantitative estimate of drug-likeness (QED) is 0.558. The second kappa shape index (κ2) is 7.55. The molecule has 2 aromatic carbocycles. The van der Waals surface area contributed by atoms with E-state index in [1.54, 1.807) is 33.4 Å². The van der Waals surface area contributed by atoms with Crippen molar-refractivity contribution in [2.45, 2.75) is 77.0 Å². The Morgan fingerprint density at radius 3 is 0.625 bits per heavy atom. The van der Waals surface area contributed by atoms with E-state index in [0.29, 0.717) is 0 Å². The van der Waals surface area contributed by atoms with Crippen LogP contribution in [0.5, 0.6) is 0 Å². The molecule has 0 nitrogen and oxygen atoms in total. The van der Waals surface area contributed by atoms with Crippen LogP contribution in [0.1, 0.15) is 71.9 Å². The van der Waals surface area contributed by atoms with Crippen LogP contribution in [0.15, 0.2) is 36.4 Å². The predicted molar refractivity (Wildman–Crippen MR) is 103 cm³/mol. The van der Waals surface area contributed by atoms with Crippen molar-refractivity contribution in [3.05, 3.63) is 69.8 Å². The van der Waals surface area contributed by atoms with Gasteiger partial charge in [0.15, 0.2) is 0 Å². The molecule has 0 saturated heterocycles. The van der Waals surface area contributed by atoms with Crippen molar-refractivity contribution in [1.29, 1.82) is 0 Å². The Balaban J connectivity index is 1.70. The Hall–Kier alpha value is -1.56. The summed E-state index contributed by atoms with van der Waals surface area (Å²) < 4.78 is 0. The Kier molecular flexibility index (Phi) is 5.02. The van der Waals surface area contributed by atoms with Gasteiger partial charge in [-0.1, -0.05) is 36.4 Å². The van der Waals surface area contributed by atoms with E-state index in [-0.39, 0.29) is 0 Å². The molecule has 0 saturated carbocycles. The van der Waals surface area contributed by atoms with Gasteiger partial charge in [0.25, 0.3) is 0 Å². The topological polar surface area (TPSA) is 0 Å². The van der Waals surface area contributed by atoms with Crippen LogP contribution in [0.3, 0.4) is 0 Å². The summed E-state index contributed by atoms with van der Waals surface area (Å²) in [6.07, 6.45) is 15.5. The molecule has 5 rings (SSSR count). The van der Waals surface area contributed by atoms with Crippen molar-refractivity contribution in [3.63, 3.8) is 0 Å². The maximum Gasteiger partial charge on any atom is -0.0279 e. The van der Waals surface area contributed by atoms with Crippen molar-refractivity contribution in [1.82, 2.24) is 0 Å². The molecule has 0 heterocycles. The van der Waals surface area contributed by atoms with Crippen LogP contribution in [0.25, 0.3) is 0 Å². The summed E-state index contributed by atoms with van der Waals surface area (Å²) in [5.41, 5.74) is 9.53. The van der Waals surface area contributed by atoms with Gasteiger partial charge in [-0.2, -0.15) is 0 Å². The Morgan fingerprint density at radius 1 is 0.292 bits per heavy atom. The minimum absolute atomic E-state index is 1.26. The van der Waals surface area contributed by atoms with Gasteiger partial charge in [-0.25, -0.2) is 0 Å². The molecule has 0 spiro atoms. The number of aryl methyl sites for hydroxylation is 6. The average Bonchev–Trinajstić information content (AvgIpc) is 2.58. The Labute approximate surface area is 147 Å². The van der Waals surface area contributed by atoms with E-state index >= 15 is 0 Å². The van der Waals surface area contributed by atoms with E-state index in [1.165, 1.54) is 77.0 Å². The summed E-state index contributed by atoms with van der Waals surface area (Å²) in [7, 11) is 0. The lowest BCUT2D eigenvalue weighted by Crippen LogP contribution is -2.01. The fourth-order valence-electron chi connectivity index (χ4n) is 4.52. The first-order valence-corrected chi connectivity index (χ1v) is 10.1. The third-order valence-electron chi connectivity index (χ3n) is 5.77. The van der Waals surface area contributed by atoms with Crippen molar-refractivity contribution in [2.24, 2.45) is 0 Å². The summed E-state index contributed by atoms with van der Waals surface area (Å²) in [6, 6.07) is 15.0. The first kappa shape index (κ1) is 15.9. The Bertz CT molecular complexity index is 514. The molecule has 0 unspecified atom stereocenters. The minimum atomic E-state index is 1.26. The normalized spacial score (nSPS) is 18.5. The largest absolute Gasteiger partial charge is 0.0558 e. The lowest BCUT2D eigenvalue weighted by molar-refractivity contribution is 0.697. The summed E-state index contributed by atoms with van der Waals surface area (Å²) in [5.74, 6) is 0. The molecular weight excluding hydrogens is 288 g/mol. The summed E-state index contributed by atoms with van der Waals surface area (Å²) in [5, 5.41) is 0. The molecule has 0 atom stereocenters. The zero-order chi connectivity index (χ0) is 16.2. The molecule has 0 aliphatic heterocycles. The van der Waals surface area contributed by atoms with Gasteiger partial charge in [0.05, 0.1) is 0 Å². The first-order chi connectivity index (χ1) is 11.8. The first-order valence-electron chi connectivity index (χ1n) is 10.1. The van der Waals surface area contributed by atoms with Crippen LogP contribution in [0, 0.1) is 0 Å². The summed E-state index contributed by atoms with van der Waals surface area (Å²) >= 11 is 0. The van der Waals surface area contributed by atoms with Gasteiger partial charge in [0.1, 0.15) is 0 Å². The number of hydrogen-bond donors (Lipinski definition) is 0. The molecule has 6 bridgehead atoms. The smallest absolute Gasteiger partial charge is 0.0279 e. The summed E-state index contributed by atoms with van der Waals surface area (Å²) in [4.78, 5) is 0. The van der Waals surface area contributed by atoms with Crippen LogP contribution < -0.4 is 0 Å². The van der Waals surface area contributed by atoms with Crippen molar-refractivity contribution in [3.8, 4) is 0 Å². The minimum Gasteiger partial charge on any atom is -0.0558 e. The van der Waals surface area contributed by atoms with Crippen LogP contribution in [-0.2, 0) is 38.5 Å². The lowest BCUT2D eigenvalue weighted by atomic mass is 9.91. The maximum atomic E-state index is 2.50. The van der Waals surface area contributed by atoms with Crippen molar-refractivity contribution in [2.75, 3.05) is 0 Å². The lowest BCUT2D eigenvalue weighted by Gasteiger charge is -2.15. The molecule has 24 heavy (non-hydrogen) atoms. The molecule has 0 radical (unpaired) electrons. The fourth-order valence-corrected chi connectivity index (χ4v) is 4.52. The van der Waals surface area contributed by atoms with Crippen LogP contribution >= 0.6 is 0 Å². The van der Waals surface area contributed by atoms with Crippen LogP contribution in [0.2, 0.25) is 0 Å². The second-order valence-electron chi connectivity index (χ2n) is 7.94. The van der Waals surface area contributed by atoms with Crippen molar-refractivity contribution >= 4 is 0 Å². The molecular formula is C24H30. The molecule has 0 aromatic heterocycles. The highest BCUT2D eigenvalue weighted by molar-refractivity contribution is 5.33. The van der Waals surface area contributed by atoms with Gasteiger partial charge < -0.3 is 0 Å². The number of fused-ring (bicyclic) bond motifs is 9. The van der Waals surface area contributed by atoms with E-state index in [4.69, 9.17) is 0 Å². The predicted octanol–water partition coefficient (Wildman–Crippen LogP) is 6.01. The maximum absolute atomic E-state index is 2.50. The van der Waals surface area contributed by atoms with Crippen LogP contribution in [-0.4, -0.2) is 0 Å². The van der Waals surface area contributed by atoms with Gasteiger partial charge in [0, 0.05) is 0 Å². The van der Waals surface area contributed by atoms with Crippen molar-refractivity contribution < 1.29 is 0 Å². The molecule has 0 heteroatoms. The van der Waals surface area contributed by atoms with Crippen LogP contribution in [0.4, 0.5) is 0 Å². The molecule has 3 aliphatic carbocycles. The SMILES string of the molecule is c1c2cc3cc1CCCCc1cc(cc(c1)CCCC3)CCCC2.